The lowest BCUT2D eigenvalue weighted by molar-refractivity contribution is 0.0649. The highest BCUT2D eigenvalue weighted by atomic mass is 16.3. The van der Waals surface area contributed by atoms with Gasteiger partial charge in [-0.15, -0.1) is 0 Å². The molecule has 1 aliphatic rings. The van der Waals surface area contributed by atoms with Crippen LogP contribution in [-0.4, -0.2) is 47.8 Å². The normalized spacial score (nSPS) is 19.9. The molecule has 24 heavy (non-hydrogen) atoms. The van der Waals surface area contributed by atoms with Crippen LogP contribution in [0.3, 0.4) is 0 Å². The lowest BCUT2D eigenvalue weighted by atomic mass is 9.89. The van der Waals surface area contributed by atoms with Crippen LogP contribution in [0.1, 0.15) is 39.2 Å². The fourth-order valence-electron chi connectivity index (χ4n) is 2.92. The van der Waals surface area contributed by atoms with Gasteiger partial charge in [0.25, 0.3) is 0 Å². The molecule has 2 unspecified atom stereocenters. The summed E-state index contributed by atoms with van der Waals surface area (Å²) in [5.41, 5.74) is 1.08. The Morgan fingerprint density at radius 3 is 2.67 bits per heavy atom. The molecule has 2 atom stereocenters. The van der Waals surface area contributed by atoms with Crippen LogP contribution in [0.2, 0.25) is 0 Å². The number of aliphatic hydroxyl groups excluding tert-OH is 1. The molecule has 5 nitrogen and oxygen atoms in total. The number of amides is 2. The number of aliphatic hydroxyl groups is 1. The molecule has 0 radical (unpaired) electrons. The zero-order valence-electron chi connectivity index (χ0n) is 15.1. The minimum Gasteiger partial charge on any atom is -0.391 e. The van der Waals surface area contributed by atoms with Gasteiger partial charge in [-0.1, -0.05) is 51.1 Å². The minimum absolute atomic E-state index is 0.204. The van der Waals surface area contributed by atoms with E-state index in [4.69, 9.17) is 0 Å². The van der Waals surface area contributed by atoms with Gasteiger partial charge < -0.3 is 15.7 Å². The largest absolute Gasteiger partial charge is 0.391 e. The van der Waals surface area contributed by atoms with Crippen LogP contribution in [0.5, 0.6) is 0 Å². The third-order valence-electron chi connectivity index (χ3n) is 4.68. The summed E-state index contributed by atoms with van der Waals surface area (Å²) in [4.78, 5) is 14.4. The molecule has 1 saturated heterocycles. The van der Waals surface area contributed by atoms with Crippen LogP contribution in [0.4, 0.5) is 4.79 Å². The Labute approximate surface area is 145 Å². The number of urea groups is 1. The average molecular weight is 333 g/mol. The first-order chi connectivity index (χ1) is 11.4. The molecular formula is C19H31N3O2. The van der Waals surface area contributed by atoms with Gasteiger partial charge in [-0.05, 0) is 30.4 Å². The molecule has 0 saturated carbocycles. The Bertz CT molecular complexity index is 513. The van der Waals surface area contributed by atoms with Gasteiger partial charge in [-0.3, -0.25) is 4.90 Å². The van der Waals surface area contributed by atoms with Crippen molar-refractivity contribution in [3.05, 3.63) is 35.9 Å². The van der Waals surface area contributed by atoms with Crippen LogP contribution in [0.15, 0.2) is 30.3 Å². The zero-order chi connectivity index (χ0) is 17.6. The van der Waals surface area contributed by atoms with E-state index in [1.807, 2.05) is 26.8 Å². The number of carbonyl (C=O) groups excluding carboxylic acids is 1. The highest BCUT2D eigenvalue weighted by Crippen LogP contribution is 2.20. The van der Waals surface area contributed by atoms with Crippen LogP contribution in [-0.2, 0) is 6.54 Å². The molecule has 1 heterocycles. The van der Waals surface area contributed by atoms with Gasteiger partial charge in [0.05, 0.1) is 6.10 Å². The molecule has 2 rings (SSSR count). The molecule has 2 amide bonds. The Morgan fingerprint density at radius 1 is 1.29 bits per heavy atom. The Morgan fingerprint density at radius 2 is 2.00 bits per heavy atom. The fourth-order valence-corrected chi connectivity index (χ4v) is 2.92. The molecule has 0 aliphatic carbocycles. The van der Waals surface area contributed by atoms with Gasteiger partial charge in [0, 0.05) is 25.7 Å². The minimum atomic E-state index is -0.552. The first-order valence-corrected chi connectivity index (χ1v) is 8.84. The van der Waals surface area contributed by atoms with E-state index in [-0.39, 0.29) is 18.0 Å². The van der Waals surface area contributed by atoms with Crippen molar-refractivity contribution in [2.45, 2.75) is 52.3 Å². The maximum absolute atomic E-state index is 11.9. The number of nitrogens with zero attached hydrogens (tertiary/aromatic N) is 1. The van der Waals surface area contributed by atoms with Crippen LogP contribution in [0, 0.1) is 5.41 Å². The number of nitrogens with one attached hydrogen (secondary N) is 2. The van der Waals surface area contributed by atoms with Gasteiger partial charge in [-0.25, -0.2) is 4.79 Å². The number of likely N-dealkylation sites (tertiary alicyclic amines) is 1. The van der Waals surface area contributed by atoms with E-state index in [1.54, 1.807) is 0 Å². The monoisotopic (exact) mass is 333 g/mol. The molecular weight excluding hydrogens is 302 g/mol. The lowest BCUT2D eigenvalue weighted by Gasteiger charge is -2.27. The van der Waals surface area contributed by atoms with E-state index >= 15 is 0 Å². The molecule has 1 aromatic carbocycles. The van der Waals surface area contributed by atoms with E-state index in [1.165, 1.54) is 12.0 Å². The first kappa shape index (κ1) is 18.7. The predicted octanol–water partition coefficient (Wildman–Crippen LogP) is 2.36. The van der Waals surface area contributed by atoms with E-state index in [9.17, 15) is 9.90 Å². The van der Waals surface area contributed by atoms with Crippen LogP contribution < -0.4 is 10.6 Å². The smallest absolute Gasteiger partial charge is 0.314 e. The van der Waals surface area contributed by atoms with Crippen LogP contribution >= 0.6 is 0 Å². The SMILES string of the molecule is CC(C)(C)C(O)CNC(=O)NCC1CCCN1Cc1ccccc1. The van der Waals surface area contributed by atoms with E-state index in [2.05, 4.69) is 39.8 Å². The second kappa shape index (κ2) is 8.49. The standard InChI is InChI=1S/C19H31N3O2/c1-19(2,3)17(23)13-21-18(24)20-12-16-10-7-11-22(16)14-15-8-5-4-6-9-15/h4-6,8-9,16-17,23H,7,10-14H2,1-3H3,(H2,20,21,24). The van der Waals surface area contributed by atoms with Gasteiger partial charge in [0.15, 0.2) is 0 Å². The van der Waals surface area contributed by atoms with Crippen LogP contribution in [0.25, 0.3) is 0 Å². The molecule has 3 N–H and O–H groups in total. The van der Waals surface area contributed by atoms with E-state index in [0.717, 1.165) is 19.5 Å². The highest BCUT2D eigenvalue weighted by molar-refractivity contribution is 5.73. The van der Waals surface area contributed by atoms with E-state index < -0.39 is 6.10 Å². The summed E-state index contributed by atoms with van der Waals surface area (Å²) in [5.74, 6) is 0. The molecule has 5 heteroatoms. The molecule has 1 fully saturated rings. The molecule has 0 aromatic heterocycles. The summed E-state index contributed by atoms with van der Waals surface area (Å²) in [7, 11) is 0. The second-order valence-corrected chi connectivity index (χ2v) is 7.72. The predicted molar refractivity (Wildman–Crippen MR) is 96.7 cm³/mol. The molecule has 0 spiro atoms. The van der Waals surface area contributed by atoms with Gasteiger partial charge in [0.2, 0.25) is 0 Å². The van der Waals surface area contributed by atoms with Crippen molar-refractivity contribution in [2.24, 2.45) is 5.41 Å². The summed E-state index contributed by atoms with van der Waals surface area (Å²) in [5, 5.41) is 15.7. The van der Waals surface area contributed by atoms with Crippen molar-refractivity contribution in [2.75, 3.05) is 19.6 Å². The Balaban J connectivity index is 1.73. The Kier molecular flexibility index (Phi) is 6.63. The molecule has 1 aromatic rings. The molecule has 134 valence electrons. The average Bonchev–Trinajstić information content (AvgIpc) is 2.97. The van der Waals surface area contributed by atoms with E-state index in [0.29, 0.717) is 12.6 Å². The second-order valence-electron chi connectivity index (χ2n) is 7.72. The summed E-state index contributed by atoms with van der Waals surface area (Å²) in [6, 6.07) is 10.6. The maximum atomic E-state index is 11.9. The maximum Gasteiger partial charge on any atom is 0.314 e. The molecule has 0 bridgehead atoms. The van der Waals surface area contributed by atoms with Crippen molar-refractivity contribution in [3.63, 3.8) is 0 Å². The summed E-state index contributed by atoms with van der Waals surface area (Å²) in [6.45, 7) is 8.78. The number of benzene rings is 1. The van der Waals surface area contributed by atoms with Gasteiger partial charge in [0.1, 0.15) is 0 Å². The Hall–Kier alpha value is -1.59. The summed E-state index contributed by atoms with van der Waals surface area (Å²) >= 11 is 0. The van der Waals surface area contributed by atoms with Gasteiger partial charge >= 0.3 is 6.03 Å². The number of hydrogen-bond acceptors (Lipinski definition) is 3. The summed E-state index contributed by atoms with van der Waals surface area (Å²) < 4.78 is 0. The number of hydrogen-bond donors (Lipinski definition) is 3. The van der Waals surface area contributed by atoms with Crippen molar-refractivity contribution < 1.29 is 9.90 Å². The third-order valence-corrected chi connectivity index (χ3v) is 4.68. The first-order valence-electron chi connectivity index (χ1n) is 8.84. The van der Waals surface area contributed by atoms with Gasteiger partial charge in [-0.2, -0.15) is 0 Å². The lowest BCUT2D eigenvalue weighted by Crippen LogP contribution is -2.47. The van der Waals surface area contributed by atoms with Crippen molar-refractivity contribution in [3.8, 4) is 0 Å². The fraction of sp³-hybridized carbons (Fsp3) is 0.632. The van der Waals surface area contributed by atoms with Crippen molar-refractivity contribution in [1.29, 1.82) is 0 Å². The highest BCUT2D eigenvalue weighted by Gasteiger charge is 2.25. The zero-order valence-corrected chi connectivity index (χ0v) is 15.1. The number of rotatable bonds is 6. The topological polar surface area (TPSA) is 64.6 Å². The summed E-state index contributed by atoms with van der Waals surface area (Å²) in [6.07, 6.45) is 1.73. The number of carbonyl (C=O) groups is 1. The van der Waals surface area contributed by atoms with Crippen molar-refractivity contribution >= 4 is 6.03 Å². The molecule has 1 aliphatic heterocycles. The third kappa shape index (κ3) is 5.80. The van der Waals surface area contributed by atoms with Crippen molar-refractivity contribution in [1.82, 2.24) is 15.5 Å². The quantitative estimate of drug-likeness (QED) is 0.749.